The van der Waals surface area contributed by atoms with Crippen molar-refractivity contribution in [3.05, 3.63) is 36.4 Å². The fraction of sp³-hybridized carbons (Fsp3) is 0.312. The van der Waals surface area contributed by atoms with E-state index in [0.29, 0.717) is 28.5 Å². The number of thioether (sulfide) groups is 1. The topological polar surface area (TPSA) is 55.3 Å². The van der Waals surface area contributed by atoms with Gasteiger partial charge in [0.05, 0.1) is 12.2 Å². The maximum absolute atomic E-state index is 14.4. The molecule has 1 unspecified atom stereocenters. The zero-order valence-corrected chi connectivity index (χ0v) is 13.6. The molecule has 1 amide bonds. The monoisotopic (exact) mass is 333 g/mol. The SMILES string of the molecule is CCC1CN(c2ccc(-c3cnc(SC)nc3)c(F)c2)C(=O)O1. The number of anilines is 1. The molecule has 1 fully saturated rings. The van der Waals surface area contributed by atoms with Crippen molar-refractivity contribution in [1.82, 2.24) is 9.97 Å². The molecule has 2 aromatic rings. The molecule has 0 N–H and O–H groups in total. The van der Waals surface area contributed by atoms with E-state index in [2.05, 4.69) is 9.97 Å². The Hall–Kier alpha value is -2.15. The van der Waals surface area contributed by atoms with Crippen LogP contribution in [0.2, 0.25) is 0 Å². The lowest BCUT2D eigenvalue weighted by molar-refractivity contribution is 0.139. The lowest BCUT2D eigenvalue weighted by Gasteiger charge is -2.14. The third kappa shape index (κ3) is 3.14. The second kappa shape index (κ2) is 6.54. The van der Waals surface area contributed by atoms with E-state index in [0.717, 1.165) is 6.42 Å². The fourth-order valence-corrected chi connectivity index (χ4v) is 2.73. The van der Waals surface area contributed by atoms with Gasteiger partial charge in [0.1, 0.15) is 11.9 Å². The van der Waals surface area contributed by atoms with Crippen LogP contribution in [0.1, 0.15) is 13.3 Å². The maximum atomic E-state index is 14.4. The van der Waals surface area contributed by atoms with Gasteiger partial charge in [-0.15, -0.1) is 0 Å². The summed E-state index contributed by atoms with van der Waals surface area (Å²) in [6, 6.07) is 4.69. The molecule has 1 aliphatic rings. The number of aromatic nitrogens is 2. The summed E-state index contributed by atoms with van der Waals surface area (Å²) >= 11 is 1.42. The number of carbonyl (C=O) groups is 1. The van der Waals surface area contributed by atoms with E-state index in [1.807, 2.05) is 13.2 Å². The Bertz CT molecular complexity index is 724. The first kappa shape index (κ1) is 15.7. The zero-order chi connectivity index (χ0) is 16.4. The minimum absolute atomic E-state index is 0.141. The summed E-state index contributed by atoms with van der Waals surface area (Å²) in [5.74, 6) is -0.421. The van der Waals surface area contributed by atoms with Crippen molar-refractivity contribution in [3.63, 3.8) is 0 Å². The van der Waals surface area contributed by atoms with E-state index >= 15 is 0 Å². The highest BCUT2D eigenvalue weighted by Crippen LogP contribution is 2.29. The lowest BCUT2D eigenvalue weighted by atomic mass is 10.1. The summed E-state index contributed by atoms with van der Waals surface area (Å²) in [5, 5.41) is 0.635. The second-order valence-electron chi connectivity index (χ2n) is 5.15. The van der Waals surface area contributed by atoms with E-state index in [-0.39, 0.29) is 6.10 Å². The number of benzene rings is 1. The van der Waals surface area contributed by atoms with Gasteiger partial charge in [0.15, 0.2) is 5.16 Å². The van der Waals surface area contributed by atoms with E-state index in [9.17, 15) is 9.18 Å². The molecule has 7 heteroatoms. The first-order valence-electron chi connectivity index (χ1n) is 7.26. The third-order valence-electron chi connectivity index (χ3n) is 3.72. The maximum Gasteiger partial charge on any atom is 0.414 e. The highest BCUT2D eigenvalue weighted by atomic mass is 32.2. The number of carbonyl (C=O) groups excluding carboxylic acids is 1. The average molecular weight is 333 g/mol. The predicted molar refractivity (Wildman–Crippen MR) is 87.1 cm³/mol. The van der Waals surface area contributed by atoms with Crippen molar-refractivity contribution < 1.29 is 13.9 Å². The van der Waals surface area contributed by atoms with Crippen molar-refractivity contribution >= 4 is 23.5 Å². The molecular formula is C16H16FN3O2S. The highest BCUT2D eigenvalue weighted by molar-refractivity contribution is 7.98. The third-order valence-corrected chi connectivity index (χ3v) is 4.29. The number of ether oxygens (including phenoxy) is 1. The Labute approximate surface area is 137 Å². The fourth-order valence-electron chi connectivity index (χ4n) is 2.41. The van der Waals surface area contributed by atoms with Crippen molar-refractivity contribution in [1.29, 1.82) is 0 Å². The van der Waals surface area contributed by atoms with Crippen LogP contribution in [0.5, 0.6) is 0 Å². The number of halogens is 1. The van der Waals surface area contributed by atoms with Crippen molar-refractivity contribution in [3.8, 4) is 11.1 Å². The summed E-state index contributed by atoms with van der Waals surface area (Å²) in [6.45, 7) is 2.39. The van der Waals surface area contributed by atoms with Crippen LogP contribution in [0.4, 0.5) is 14.9 Å². The molecule has 1 aromatic carbocycles. The Morgan fingerprint density at radius 3 is 2.70 bits per heavy atom. The van der Waals surface area contributed by atoms with Gasteiger partial charge < -0.3 is 4.74 Å². The molecule has 120 valence electrons. The highest BCUT2D eigenvalue weighted by Gasteiger charge is 2.31. The van der Waals surface area contributed by atoms with Crippen LogP contribution in [-0.2, 0) is 4.74 Å². The largest absolute Gasteiger partial charge is 0.444 e. The molecule has 0 radical (unpaired) electrons. The number of cyclic esters (lactones) is 1. The molecule has 5 nitrogen and oxygen atoms in total. The molecule has 0 spiro atoms. The summed E-state index contributed by atoms with van der Waals surface area (Å²) < 4.78 is 19.6. The number of rotatable bonds is 4. The predicted octanol–water partition coefficient (Wildman–Crippen LogP) is 3.74. The molecule has 23 heavy (non-hydrogen) atoms. The van der Waals surface area contributed by atoms with Crippen LogP contribution < -0.4 is 4.90 Å². The van der Waals surface area contributed by atoms with Gasteiger partial charge >= 0.3 is 6.09 Å². The van der Waals surface area contributed by atoms with Crippen molar-refractivity contribution in [2.75, 3.05) is 17.7 Å². The second-order valence-corrected chi connectivity index (χ2v) is 5.92. The van der Waals surface area contributed by atoms with Crippen molar-refractivity contribution in [2.24, 2.45) is 0 Å². The summed E-state index contributed by atoms with van der Waals surface area (Å²) in [7, 11) is 0. The first-order chi connectivity index (χ1) is 11.1. The number of amides is 1. The molecule has 1 atom stereocenters. The van der Waals surface area contributed by atoms with Crippen molar-refractivity contribution in [2.45, 2.75) is 24.6 Å². The van der Waals surface area contributed by atoms with Crippen LogP contribution in [0.3, 0.4) is 0 Å². The molecule has 1 saturated heterocycles. The van der Waals surface area contributed by atoms with E-state index in [1.54, 1.807) is 24.5 Å². The van der Waals surface area contributed by atoms with Crippen LogP contribution in [0.15, 0.2) is 35.7 Å². The quantitative estimate of drug-likeness (QED) is 0.630. The molecule has 0 bridgehead atoms. The van der Waals surface area contributed by atoms with Crippen LogP contribution >= 0.6 is 11.8 Å². The molecule has 0 saturated carbocycles. The minimum Gasteiger partial charge on any atom is -0.444 e. The van der Waals surface area contributed by atoms with Crippen LogP contribution in [0, 0.1) is 5.82 Å². The Morgan fingerprint density at radius 1 is 1.39 bits per heavy atom. The zero-order valence-electron chi connectivity index (χ0n) is 12.8. The summed E-state index contributed by atoms with van der Waals surface area (Å²) in [5.41, 5.74) is 1.50. The molecule has 1 aromatic heterocycles. The number of nitrogens with zero attached hydrogens (tertiary/aromatic N) is 3. The lowest BCUT2D eigenvalue weighted by Crippen LogP contribution is -2.24. The van der Waals surface area contributed by atoms with Gasteiger partial charge in [0.25, 0.3) is 0 Å². The van der Waals surface area contributed by atoms with Gasteiger partial charge in [-0.3, -0.25) is 4.90 Å². The van der Waals surface area contributed by atoms with Gasteiger partial charge in [-0.1, -0.05) is 18.7 Å². The smallest absolute Gasteiger partial charge is 0.414 e. The van der Waals surface area contributed by atoms with Gasteiger partial charge in [-0.2, -0.15) is 0 Å². The minimum atomic E-state index is -0.434. The van der Waals surface area contributed by atoms with Gasteiger partial charge in [0.2, 0.25) is 0 Å². The standard InChI is InChI=1S/C16H16FN3O2S/c1-3-12-9-20(16(21)22-12)11-4-5-13(14(17)6-11)10-7-18-15(23-2)19-8-10/h4-8,12H,3,9H2,1-2H3. The molecule has 0 aliphatic carbocycles. The average Bonchev–Trinajstić information content (AvgIpc) is 2.96. The van der Waals surface area contributed by atoms with E-state index < -0.39 is 11.9 Å². The van der Waals surface area contributed by atoms with E-state index in [1.165, 1.54) is 22.7 Å². The normalized spacial score (nSPS) is 17.4. The van der Waals surface area contributed by atoms with Gasteiger partial charge in [-0.25, -0.2) is 19.2 Å². The Kier molecular flexibility index (Phi) is 4.47. The van der Waals surface area contributed by atoms with Gasteiger partial charge in [0, 0.05) is 23.5 Å². The Morgan fingerprint density at radius 2 is 2.13 bits per heavy atom. The van der Waals surface area contributed by atoms with Crippen LogP contribution in [-0.4, -0.2) is 35.0 Å². The Balaban J connectivity index is 1.87. The molecule has 2 heterocycles. The molecular weight excluding hydrogens is 317 g/mol. The molecule has 1 aliphatic heterocycles. The summed E-state index contributed by atoms with van der Waals surface area (Å²) in [4.78, 5) is 21.6. The first-order valence-corrected chi connectivity index (χ1v) is 8.49. The van der Waals surface area contributed by atoms with Gasteiger partial charge in [-0.05, 0) is 30.9 Å². The molecule has 3 rings (SSSR count). The van der Waals surface area contributed by atoms with Crippen LogP contribution in [0.25, 0.3) is 11.1 Å². The van der Waals surface area contributed by atoms with E-state index in [4.69, 9.17) is 4.74 Å². The number of hydrogen-bond donors (Lipinski definition) is 0. The summed E-state index contributed by atoms with van der Waals surface area (Å²) in [6.07, 6.45) is 5.22. The number of hydrogen-bond acceptors (Lipinski definition) is 5.